The van der Waals surface area contributed by atoms with Gasteiger partial charge in [-0.15, -0.1) is 0 Å². The Hall–Kier alpha value is -3.36. The van der Waals surface area contributed by atoms with Crippen LogP contribution in [0.15, 0.2) is 60.7 Å². The molecule has 29 heavy (non-hydrogen) atoms. The monoisotopic (exact) mass is 387 g/mol. The summed E-state index contributed by atoms with van der Waals surface area (Å²) in [6.45, 7) is 0.342. The summed E-state index contributed by atoms with van der Waals surface area (Å²) < 4.78 is 5.58. The van der Waals surface area contributed by atoms with Crippen LogP contribution in [0.5, 0.6) is 5.75 Å². The van der Waals surface area contributed by atoms with Crippen molar-refractivity contribution in [2.75, 3.05) is 28.3 Å². The van der Waals surface area contributed by atoms with Gasteiger partial charge in [-0.1, -0.05) is 54.6 Å². The van der Waals surface area contributed by atoms with E-state index in [1.807, 2.05) is 79.7 Å². The molecule has 3 rings (SSSR count). The van der Waals surface area contributed by atoms with Crippen LogP contribution < -0.4 is 4.74 Å². The highest BCUT2D eigenvalue weighted by molar-refractivity contribution is 5.90. The lowest BCUT2D eigenvalue weighted by Crippen LogP contribution is -2.38. The van der Waals surface area contributed by atoms with Crippen LogP contribution in [0.1, 0.15) is 22.7 Å². The van der Waals surface area contributed by atoms with Gasteiger partial charge in [0.15, 0.2) is 0 Å². The first-order valence-electron chi connectivity index (χ1n) is 9.43. The second kappa shape index (κ2) is 8.76. The SMILES string of the molecule is COc1c(C#N)cc2ccccc2c1CN(C)C(=O)C(c1ccccc1)N(C)C. The zero-order valence-electron chi connectivity index (χ0n) is 17.2. The molecule has 0 N–H and O–H groups in total. The van der Waals surface area contributed by atoms with Crippen molar-refractivity contribution in [2.45, 2.75) is 12.6 Å². The molecule has 0 spiro atoms. The molecule has 0 fully saturated rings. The van der Waals surface area contributed by atoms with Gasteiger partial charge in [-0.2, -0.15) is 5.26 Å². The van der Waals surface area contributed by atoms with Gasteiger partial charge in [0.2, 0.25) is 5.91 Å². The van der Waals surface area contributed by atoms with Crippen molar-refractivity contribution in [3.8, 4) is 11.8 Å². The third-order valence-corrected chi connectivity index (χ3v) is 5.07. The van der Waals surface area contributed by atoms with Crippen LogP contribution in [0.4, 0.5) is 0 Å². The Bertz CT molecular complexity index is 1050. The second-order valence-electron chi connectivity index (χ2n) is 7.24. The molecule has 1 unspecified atom stereocenters. The number of hydrogen-bond acceptors (Lipinski definition) is 4. The van der Waals surface area contributed by atoms with E-state index < -0.39 is 6.04 Å². The molecule has 0 saturated heterocycles. The third-order valence-electron chi connectivity index (χ3n) is 5.07. The van der Waals surface area contributed by atoms with Gasteiger partial charge in [0.1, 0.15) is 17.9 Å². The van der Waals surface area contributed by atoms with Crippen LogP contribution in [0.2, 0.25) is 0 Å². The number of carbonyl (C=O) groups excluding carboxylic acids is 1. The molecular formula is C24H25N3O2. The van der Waals surface area contributed by atoms with Gasteiger partial charge < -0.3 is 9.64 Å². The van der Waals surface area contributed by atoms with Gasteiger partial charge in [-0.05, 0) is 36.5 Å². The summed E-state index contributed by atoms with van der Waals surface area (Å²) >= 11 is 0. The highest BCUT2D eigenvalue weighted by Gasteiger charge is 2.27. The van der Waals surface area contributed by atoms with E-state index in [9.17, 15) is 10.1 Å². The molecule has 0 heterocycles. The van der Waals surface area contributed by atoms with E-state index in [-0.39, 0.29) is 5.91 Å². The number of nitrogens with zero attached hydrogens (tertiary/aromatic N) is 3. The molecule has 0 aromatic heterocycles. The number of ether oxygens (including phenoxy) is 1. The number of fused-ring (bicyclic) bond motifs is 1. The maximum absolute atomic E-state index is 13.4. The van der Waals surface area contributed by atoms with Crippen LogP contribution in [0.3, 0.4) is 0 Å². The fourth-order valence-corrected chi connectivity index (χ4v) is 3.70. The van der Waals surface area contributed by atoms with E-state index >= 15 is 0 Å². The predicted molar refractivity (Wildman–Crippen MR) is 115 cm³/mol. The molecule has 0 aliphatic carbocycles. The van der Waals surface area contributed by atoms with E-state index in [1.165, 1.54) is 0 Å². The lowest BCUT2D eigenvalue weighted by atomic mass is 9.98. The van der Waals surface area contributed by atoms with Crippen molar-refractivity contribution in [1.29, 1.82) is 5.26 Å². The molecule has 148 valence electrons. The minimum absolute atomic E-state index is 0.0188. The highest BCUT2D eigenvalue weighted by Crippen LogP contribution is 2.33. The minimum atomic E-state index is -0.391. The maximum atomic E-state index is 13.4. The van der Waals surface area contributed by atoms with Crippen LogP contribution in [0.25, 0.3) is 10.8 Å². The summed E-state index contributed by atoms with van der Waals surface area (Å²) in [4.78, 5) is 17.0. The average Bonchev–Trinajstić information content (AvgIpc) is 2.73. The molecule has 0 saturated carbocycles. The molecule has 0 aliphatic rings. The van der Waals surface area contributed by atoms with Crippen LogP contribution in [-0.4, -0.2) is 44.0 Å². The van der Waals surface area contributed by atoms with Gasteiger partial charge in [0.25, 0.3) is 0 Å². The summed E-state index contributed by atoms with van der Waals surface area (Å²) in [7, 11) is 7.14. The van der Waals surface area contributed by atoms with Crippen LogP contribution >= 0.6 is 0 Å². The number of rotatable bonds is 6. The lowest BCUT2D eigenvalue weighted by Gasteiger charge is -2.29. The Morgan fingerprint density at radius 1 is 1.07 bits per heavy atom. The van der Waals surface area contributed by atoms with Gasteiger partial charge in [-0.3, -0.25) is 9.69 Å². The predicted octanol–water partition coefficient (Wildman–Crippen LogP) is 3.98. The maximum Gasteiger partial charge on any atom is 0.244 e. The molecule has 3 aromatic rings. The first kappa shape index (κ1) is 20.4. The molecule has 5 heteroatoms. The van der Waals surface area contributed by atoms with Crippen molar-refractivity contribution >= 4 is 16.7 Å². The van der Waals surface area contributed by atoms with Crippen molar-refractivity contribution in [3.63, 3.8) is 0 Å². The number of benzene rings is 3. The number of methoxy groups -OCH3 is 1. The fraction of sp³-hybridized carbons (Fsp3) is 0.250. The van der Waals surface area contributed by atoms with E-state index in [0.29, 0.717) is 17.9 Å². The van der Waals surface area contributed by atoms with E-state index in [0.717, 1.165) is 21.9 Å². The molecule has 5 nitrogen and oxygen atoms in total. The number of likely N-dealkylation sites (N-methyl/N-ethyl adjacent to an activating group) is 2. The summed E-state index contributed by atoms with van der Waals surface area (Å²) in [6.07, 6.45) is 0. The molecule has 3 aromatic carbocycles. The van der Waals surface area contributed by atoms with Crippen molar-refractivity contribution in [1.82, 2.24) is 9.80 Å². The first-order chi connectivity index (χ1) is 14.0. The summed E-state index contributed by atoms with van der Waals surface area (Å²) in [6, 6.07) is 21.2. The third kappa shape index (κ3) is 4.08. The van der Waals surface area contributed by atoms with Crippen molar-refractivity contribution < 1.29 is 9.53 Å². The second-order valence-corrected chi connectivity index (χ2v) is 7.24. The van der Waals surface area contributed by atoms with Gasteiger partial charge in [-0.25, -0.2) is 0 Å². The van der Waals surface area contributed by atoms with E-state index in [1.54, 1.807) is 19.1 Å². The van der Waals surface area contributed by atoms with Crippen LogP contribution in [0, 0.1) is 11.3 Å². The van der Waals surface area contributed by atoms with Crippen molar-refractivity contribution in [2.24, 2.45) is 0 Å². The van der Waals surface area contributed by atoms with Crippen LogP contribution in [-0.2, 0) is 11.3 Å². The Morgan fingerprint density at radius 3 is 2.34 bits per heavy atom. The molecule has 0 bridgehead atoms. The van der Waals surface area contributed by atoms with Gasteiger partial charge in [0.05, 0.1) is 12.7 Å². The largest absolute Gasteiger partial charge is 0.495 e. The number of carbonyl (C=O) groups is 1. The first-order valence-corrected chi connectivity index (χ1v) is 9.43. The minimum Gasteiger partial charge on any atom is -0.495 e. The molecule has 0 radical (unpaired) electrons. The normalized spacial score (nSPS) is 11.9. The Kier molecular flexibility index (Phi) is 6.16. The van der Waals surface area contributed by atoms with Crippen molar-refractivity contribution in [3.05, 3.63) is 77.4 Å². The zero-order chi connectivity index (χ0) is 21.0. The summed E-state index contributed by atoms with van der Waals surface area (Å²) in [5.74, 6) is 0.502. The highest BCUT2D eigenvalue weighted by atomic mass is 16.5. The average molecular weight is 387 g/mol. The fourth-order valence-electron chi connectivity index (χ4n) is 3.70. The quantitative estimate of drug-likeness (QED) is 0.642. The Balaban J connectivity index is 2.02. The molecule has 0 aliphatic heterocycles. The number of amides is 1. The lowest BCUT2D eigenvalue weighted by molar-refractivity contribution is -0.135. The smallest absolute Gasteiger partial charge is 0.244 e. The van der Waals surface area contributed by atoms with Gasteiger partial charge in [0, 0.05) is 19.2 Å². The molecule has 1 atom stereocenters. The summed E-state index contributed by atoms with van der Waals surface area (Å²) in [5, 5.41) is 11.5. The molecular weight excluding hydrogens is 362 g/mol. The van der Waals surface area contributed by atoms with E-state index in [2.05, 4.69) is 6.07 Å². The molecule has 1 amide bonds. The van der Waals surface area contributed by atoms with E-state index in [4.69, 9.17) is 4.74 Å². The summed E-state index contributed by atoms with van der Waals surface area (Å²) in [5.41, 5.74) is 2.25. The zero-order valence-corrected chi connectivity index (χ0v) is 17.2. The topological polar surface area (TPSA) is 56.6 Å². The standard InChI is InChI=1S/C24H25N3O2/c1-26(2)22(17-10-6-5-7-11-17)24(28)27(3)16-21-20-13-9-8-12-18(20)14-19(15-25)23(21)29-4/h5-14,22H,16H2,1-4H3. The number of nitriles is 1. The Labute approximate surface area is 171 Å². The Morgan fingerprint density at radius 2 is 1.72 bits per heavy atom. The number of hydrogen-bond donors (Lipinski definition) is 0. The van der Waals surface area contributed by atoms with Gasteiger partial charge >= 0.3 is 0 Å².